The molecule has 2 rings (SSSR count). The third-order valence-electron chi connectivity index (χ3n) is 3.49. The highest BCUT2D eigenvalue weighted by molar-refractivity contribution is 7.80. The SMILES string of the molecule is CCCCOc1cccc(C(=O)NC(=S)NNC(=O)c2ccc(Cl)cc2)c1. The van der Waals surface area contributed by atoms with Gasteiger partial charge in [0.25, 0.3) is 11.8 Å². The summed E-state index contributed by atoms with van der Waals surface area (Å²) in [6, 6.07) is 13.2. The van der Waals surface area contributed by atoms with Gasteiger partial charge in [0.05, 0.1) is 6.61 Å². The van der Waals surface area contributed by atoms with E-state index in [1.54, 1.807) is 48.5 Å². The molecule has 2 amide bonds. The Morgan fingerprint density at radius 2 is 1.78 bits per heavy atom. The van der Waals surface area contributed by atoms with E-state index in [0.29, 0.717) is 28.5 Å². The van der Waals surface area contributed by atoms with Crippen LogP contribution in [0.15, 0.2) is 48.5 Å². The molecule has 27 heavy (non-hydrogen) atoms. The molecule has 0 fully saturated rings. The first-order chi connectivity index (χ1) is 13.0. The van der Waals surface area contributed by atoms with Crippen LogP contribution in [-0.2, 0) is 0 Å². The number of hydrogen-bond acceptors (Lipinski definition) is 4. The fraction of sp³-hybridized carbons (Fsp3) is 0.211. The van der Waals surface area contributed by atoms with Gasteiger partial charge in [0.15, 0.2) is 5.11 Å². The average molecular weight is 406 g/mol. The Balaban J connectivity index is 1.84. The summed E-state index contributed by atoms with van der Waals surface area (Å²) in [7, 11) is 0. The second kappa shape index (κ2) is 10.5. The van der Waals surface area contributed by atoms with Gasteiger partial charge in [-0.05, 0) is 61.1 Å². The minimum Gasteiger partial charge on any atom is -0.494 e. The summed E-state index contributed by atoms with van der Waals surface area (Å²) >= 11 is 10.8. The monoisotopic (exact) mass is 405 g/mol. The normalized spacial score (nSPS) is 10.0. The van der Waals surface area contributed by atoms with Crippen LogP contribution in [0, 0.1) is 0 Å². The third-order valence-corrected chi connectivity index (χ3v) is 3.94. The Labute approximate surface area is 168 Å². The molecule has 0 radical (unpaired) electrons. The molecule has 0 saturated carbocycles. The summed E-state index contributed by atoms with van der Waals surface area (Å²) < 4.78 is 5.58. The maximum absolute atomic E-state index is 12.3. The molecule has 0 heterocycles. The Morgan fingerprint density at radius 3 is 2.48 bits per heavy atom. The van der Waals surface area contributed by atoms with E-state index in [1.807, 2.05) is 0 Å². The van der Waals surface area contributed by atoms with Crippen LogP contribution in [0.3, 0.4) is 0 Å². The molecule has 0 unspecified atom stereocenters. The van der Waals surface area contributed by atoms with Crippen molar-refractivity contribution < 1.29 is 14.3 Å². The molecule has 8 heteroatoms. The highest BCUT2D eigenvalue weighted by atomic mass is 35.5. The highest BCUT2D eigenvalue weighted by Crippen LogP contribution is 2.14. The lowest BCUT2D eigenvalue weighted by molar-refractivity contribution is 0.0934. The number of nitrogens with one attached hydrogen (secondary N) is 3. The lowest BCUT2D eigenvalue weighted by Crippen LogP contribution is -2.48. The number of rotatable bonds is 6. The molecule has 0 atom stereocenters. The van der Waals surface area contributed by atoms with Gasteiger partial charge >= 0.3 is 0 Å². The smallest absolute Gasteiger partial charge is 0.269 e. The fourth-order valence-corrected chi connectivity index (χ4v) is 2.32. The van der Waals surface area contributed by atoms with Crippen LogP contribution < -0.4 is 20.9 Å². The molecular weight excluding hydrogens is 386 g/mol. The van der Waals surface area contributed by atoms with Gasteiger partial charge in [-0.15, -0.1) is 0 Å². The Bertz CT molecular complexity index is 812. The van der Waals surface area contributed by atoms with Crippen molar-refractivity contribution in [3.63, 3.8) is 0 Å². The van der Waals surface area contributed by atoms with E-state index in [1.165, 1.54) is 0 Å². The zero-order valence-corrected chi connectivity index (χ0v) is 16.3. The second-order valence-corrected chi connectivity index (χ2v) is 6.44. The van der Waals surface area contributed by atoms with Crippen LogP contribution in [-0.4, -0.2) is 23.5 Å². The van der Waals surface area contributed by atoms with Crippen LogP contribution in [0.5, 0.6) is 5.75 Å². The van der Waals surface area contributed by atoms with E-state index < -0.39 is 11.8 Å². The quantitative estimate of drug-likeness (QED) is 0.389. The number of unbranched alkanes of at least 4 members (excludes halogenated alkanes) is 1. The van der Waals surface area contributed by atoms with Crippen molar-refractivity contribution in [2.45, 2.75) is 19.8 Å². The minimum atomic E-state index is -0.408. The van der Waals surface area contributed by atoms with Crippen molar-refractivity contribution in [3.05, 3.63) is 64.7 Å². The van der Waals surface area contributed by atoms with Crippen LogP contribution in [0.2, 0.25) is 5.02 Å². The van der Waals surface area contributed by atoms with Crippen molar-refractivity contribution in [2.75, 3.05) is 6.61 Å². The van der Waals surface area contributed by atoms with Crippen molar-refractivity contribution in [3.8, 4) is 5.75 Å². The summed E-state index contributed by atoms with van der Waals surface area (Å²) in [5.41, 5.74) is 5.70. The van der Waals surface area contributed by atoms with Gasteiger partial charge in [-0.2, -0.15) is 0 Å². The molecular formula is C19H20ClN3O3S. The van der Waals surface area contributed by atoms with Crippen LogP contribution in [0.4, 0.5) is 0 Å². The number of amides is 2. The number of carbonyl (C=O) groups is 2. The van der Waals surface area contributed by atoms with Gasteiger partial charge in [-0.3, -0.25) is 25.8 Å². The van der Waals surface area contributed by atoms with E-state index >= 15 is 0 Å². The second-order valence-electron chi connectivity index (χ2n) is 5.60. The van der Waals surface area contributed by atoms with Crippen LogP contribution >= 0.6 is 23.8 Å². The average Bonchev–Trinajstić information content (AvgIpc) is 2.67. The minimum absolute atomic E-state index is 0.0281. The zero-order valence-electron chi connectivity index (χ0n) is 14.8. The molecule has 2 aromatic carbocycles. The lowest BCUT2D eigenvalue weighted by atomic mass is 10.2. The molecule has 0 aromatic heterocycles. The molecule has 3 N–H and O–H groups in total. The number of hydrazine groups is 1. The van der Waals surface area contributed by atoms with Crippen LogP contribution in [0.25, 0.3) is 0 Å². The number of thiocarbonyl (C=S) groups is 1. The fourth-order valence-electron chi connectivity index (χ4n) is 2.05. The summed E-state index contributed by atoms with van der Waals surface area (Å²) in [4.78, 5) is 24.2. The van der Waals surface area contributed by atoms with Crippen molar-refractivity contribution in [1.82, 2.24) is 16.2 Å². The standard InChI is InChI=1S/C19H20ClN3O3S/c1-2-3-11-26-16-6-4-5-14(12-16)17(24)21-19(27)23-22-18(25)13-7-9-15(20)10-8-13/h4-10,12H,2-3,11H2,1H3,(H,22,25)(H2,21,23,24,27). The van der Waals surface area contributed by atoms with Gasteiger partial charge in [0.1, 0.15) is 5.75 Å². The molecule has 0 saturated heterocycles. The molecule has 0 aliphatic heterocycles. The predicted molar refractivity (Wildman–Crippen MR) is 109 cm³/mol. The molecule has 2 aromatic rings. The molecule has 6 nitrogen and oxygen atoms in total. The predicted octanol–water partition coefficient (Wildman–Crippen LogP) is 3.47. The van der Waals surface area contributed by atoms with E-state index in [0.717, 1.165) is 12.8 Å². The summed E-state index contributed by atoms with van der Waals surface area (Å²) in [6.07, 6.45) is 1.97. The van der Waals surface area contributed by atoms with E-state index in [-0.39, 0.29) is 5.11 Å². The first-order valence-electron chi connectivity index (χ1n) is 8.39. The lowest BCUT2D eigenvalue weighted by Gasteiger charge is -2.11. The maximum Gasteiger partial charge on any atom is 0.269 e. The first kappa shape index (κ1) is 20.7. The third kappa shape index (κ3) is 6.88. The molecule has 0 aliphatic rings. The number of ether oxygens (including phenoxy) is 1. The molecule has 0 aliphatic carbocycles. The topological polar surface area (TPSA) is 79.5 Å². The first-order valence-corrected chi connectivity index (χ1v) is 9.18. The van der Waals surface area contributed by atoms with Gasteiger partial charge < -0.3 is 4.74 Å². The Kier molecular flexibility index (Phi) is 8.03. The van der Waals surface area contributed by atoms with E-state index in [2.05, 4.69) is 23.1 Å². The van der Waals surface area contributed by atoms with Crippen molar-refractivity contribution in [2.24, 2.45) is 0 Å². The summed E-state index contributed by atoms with van der Waals surface area (Å²) in [5.74, 6) is -0.199. The Hall–Kier alpha value is -2.64. The number of halogens is 1. The Morgan fingerprint density at radius 1 is 1.04 bits per heavy atom. The van der Waals surface area contributed by atoms with Gasteiger partial charge in [0, 0.05) is 16.1 Å². The van der Waals surface area contributed by atoms with E-state index in [9.17, 15) is 9.59 Å². The zero-order chi connectivity index (χ0) is 19.6. The van der Waals surface area contributed by atoms with Gasteiger partial charge in [0.2, 0.25) is 0 Å². The summed E-state index contributed by atoms with van der Waals surface area (Å²) in [6.45, 7) is 2.67. The number of carbonyl (C=O) groups excluding carboxylic acids is 2. The maximum atomic E-state index is 12.3. The number of hydrogen-bond donors (Lipinski definition) is 3. The number of benzene rings is 2. The van der Waals surface area contributed by atoms with Crippen molar-refractivity contribution >= 4 is 40.7 Å². The summed E-state index contributed by atoms with van der Waals surface area (Å²) in [5, 5.41) is 3.00. The highest BCUT2D eigenvalue weighted by Gasteiger charge is 2.10. The molecule has 0 bridgehead atoms. The van der Waals surface area contributed by atoms with Gasteiger partial charge in [-0.1, -0.05) is 31.0 Å². The van der Waals surface area contributed by atoms with E-state index in [4.69, 9.17) is 28.6 Å². The van der Waals surface area contributed by atoms with Gasteiger partial charge in [-0.25, -0.2) is 0 Å². The van der Waals surface area contributed by atoms with Crippen LogP contribution in [0.1, 0.15) is 40.5 Å². The van der Waals surface area contributed by atoms with Crippen molar-refractivity contribution in [1.29, 1.82) is 0 Å². The molecule has 0 spiro atoms. The largest absolute Gasteiger partial charge is 0.494 e. The molecule has 142 valence electrons.